The minimum absolute atomic E-state index is 0.0111. The van der Waals surface area contributed by atoms with Gasteiger partial charge in [0, 0.05) is 29.4 Å². The molecule has 0 atom stereocenters. The zero-order chi connectivity index (χ0) is 19.7. The van der Waals surface area contributed by atoms with E-state index in [9.17, 15) is 9.59 Å². The van der Waals surface area contributed by atoms with Crippen LogP contribution < -0.4 is 9.47 Å². The van der Waals surface area contributed by atoms with Crippen LogP contribution in [0.5, 0.6) is 11.5 Å². The van der Waals surface area contributed by atoms with Crippen LogP contribution in [0.1, 0.15) is 50.1 Å². The molecule has 1 heterocycles. The number of fused-ring (bicyclic) bond motifs is 2. The van der Waals surface area contributed by atoms with Crippen molar-refractivity contribution in [1.29, 1.82) is 0 Å². The number of carbonyl (C=O) groups is 2. The Morgan fingerprint density at radius 1 is 1.00 bits per heavy atom. The fourth-order valence-electron chi connectivity index (χ4n) is 3.53. The zero-order valence-corrected chi connectivity index (χ0v) is 15.7. The summed E-state index contributed by atoms with van der Waals surface area (Å²) in [6.45, 7) is 1.02. The SMILES string of the molecule is COCOc1cc2c(c(C3OCCCO3)c1)C(=O)c1c(OC)cccc1C2=O. The molecule has 1 aliphatic carbocycles. The second-order valence-electron chi connectivity index (χ2n) is 6.45. The fraction of sp³-hybridized carbons (Fsp3) is 0.333. The summed E-state index contributed by atoms with van der Waals surface area (Å²) in [5.41, 5.74) is 1.55. The van der Waals surface area contributed by atoms with Gasteiger partial charge in [-0.1, -0.05) is 12.1 Å². The van der Waals surface area contributed by atoms with Crippen LogP contribution in [-0.4, -0.2) is 45.8 Å². The molecular weight excluding hydrogens is 364 g/mol. The molecule has 1 aliphatic heterocycles. The Balaban J connectivity index is 1.90. The van der Waals surface area contributed by atoms with Gasteiger partial charge in [-0.3, -0.25) is 9.59 Å². The van der Waals surface area contributed by atoms with E-state index in [1.807, 2.05) is 0 Å². The lowest BCUT2D eigenvalue weighted by Gasteiger charge is -2.28. The van der Waals surface area contributed by atoms with Gasteiger partial charge in [0.25, 0.3) is 0 Å². The van der Waals surface area contributed by atoms with Crippen molar-refractivity contribution in [2.45, 2.75) is 12.7 Å². The first-order chi connectivity index (χ1) is 13.7. The molecule has 2 aromatic carbocycles. The van der Waals surface area contributed by atoms with Crippen molar-refractivity contribution in [3.05, 3.63) is 58.1 Å². The normalized spacial score (nSPS) is 16.5. The van der Waals surface area contributed by atoms with Crippen LogP contribution in [-0.2, 0) is 14.2 Å². The Bertz CT molecular complexity index is 929. The third-order valence-electron chi connectivity index (χ3n) is 4.76. The van der Waals surface area contributed by atoms with Gasteiger partial charge in [-0.15, -0.1) is 0 Å². The summed E-state index contributed by atoms with van der Waals surface area (Å²) in [7, 11) is 2.97. The Hall–Kier alpha value is -2.74. The second kappa shape index (κ2) is 7.71. The Kier molecular flexibility index (Phi) is 5.13. The standard InChI is InChI=1S/C21H20O7/c1-24-11-28-12-9-14-17(15(10-12)21-26-7-4-8-27-21)20(23)18-13(19(14)22)5-3-6-16(18)25-2/h3,5-6,9-10,21H,4,7-8,11H2,1-2H3. The first-order valence-electron chi connectivity index (χ1n) is 8.95. The molecule has 0 saturated carbocycles. The molecule has 2 aliphatic rings. The minimum Gasteiger partial charge on any atom is -0.496 e. The average Bonchev–Trinajstić information content (AvgIpc) is 2.75. The summed E-state index contributed by atoms with van der Waals surface area (Å²) in [4.78, 5) is 26.6. The van der Waals surface area contributed by atoms with Crippen LogP contribution in [0.2, 0.25) is 0 Å². The third-order valence-corrected chi connectivity index (χ3v) is 4.76. The Morgan fingerprint density at radius 3 is 2.50 bits per heavy atom. The van der Waals surface area contributed by atoms with E-state index in [1.54, 1.807) is 30.3 Å². The maximum Gasteiger partial charge on any atom is 0.198 e. The van der Waals surface area contributed by atoms with Crippen molar-refractivity contribution in [1.82, 2.24) is 0 Å². The van der Waals surface area contributed by atoms with Gasteiger partial charge in [0.05, 0.1) is 25.9 Å². The van der Waals surface area contributed by atoms with Crippen LogP contribution in [0.15, 0.2) is 30.3 Å². The van der Waals surface area contributed by atoms with Gasteiger partial charge in [0.1, 0.15) is 11.5 Å². The molecule has 1 fully saturated rings. The van der Waals surface area contributed by atoms with Crippen LogP contribution in [0.25, 0.3) is 0 Å². The summed E-state index contributed by atoms with van der Waals surface area (Å²) in [6, 6.07) is 8.20. The first-order valence-corrected chi connectivity index (χ1v) is 8.95. The second-order valence-corrected chi connectivity index (χ2v) is 6.45. The molecule has 1 saturated heterocycles. The third kappa shape index (κ3) is 3.07. The highest BCUT2D eigenvalue weighted by Crippen LogP contribution is 2.40. The topological polar surface area (TPSA) is 80.3 Å². The van der Waals surface area contributed by atoms with Crippen LogP contribution in [0.4, 0.5) is 0 Å². The highest BCUT2D eigenvalue weighted by Gasteiger charge is 2.37. The molecule has 0 radical (unpaired) electrons. The van der Waals surface area contributed by atoms with E-state index >= 15 is 0 Å². The average molecular weight is 384 g/mol. The summed E-state index contributed by atoms with van der Waals surface area (Å²) in [5.74, 6) is 0.190. The largest absolute Gasteiger partial charge is 0.496 e. The monoisotopic (exact) mass is 384 g/mol. The number of carbonyl (C=O) groups excluding carboxylic acids is 2. The van der Waals surface area contributed by atoms with Crippen LogP contribution in [0, 0.1) is 0 Å². The molecular formula is C21H20O7. The van der Waals surface area contributed by atoms with E-state index in [0.29, 0.717) is 35.8 Å². The maximum absolute atomic E-state index is 13.4. The van der Waals surface area contributed by atoms with Crippen molar-refractivity contribution in [3.8, 4) is 11.5 Å². The predicted molar refractivity (Wildman–Crippen MR) is 98.1 cm³/mol. The van der Waals surface area contributed by atoms with Crippen molar-refractivity contribution >= 4 is 11.6 Å². The lowest BCUT2D eigenvalue weighted by atomic mass is 9.81. The molecule has 4 rings (SSSR count). The van der Waals surface area contributed by atoms with E-state index in [-0.39, 0.29) is 35.0 Å². The van der Waals surface area contributed by atoms with E-state index in [4.69, 9.17) is 23.7 Å². The van der Waals surface area contributed by atoms with E-state index in [2.05, 4.69) is 0 Å². The molecule has 0 N–H and O–H groups in total. The number of methoxy groups -OCH3 is 2. The first kappa shape index (κ1) is 18.6. The Labute approximate surface area is 162 Å². The molecule has 2 aromatic rings. The molecule has 7 nitrogen and oxygen atoms in total. The summed E-state index contributed by atoms with van der Waals surface area (Å²) < 4.78 is 27.3. The summed E-state index contributed by atoms with van der Waals surface area (Å²) >= 11 is 0. The molecule has 0 bridgehead atoms. The van der Waals surface area contributed by atoms with E-state index in [0.717, 1.165) is 6.42 Å². The van der Waals surface area contributed by atoms with Crippen molar-refractivity contribution in [2.75, 3.05) is 34.2 Å². The fourth-order valence-corrected chi connectivity index (χ4v) is 3.53. The predicted octanol–water partition coefficient (Wildman–Crippen LogP) is 2.89. The van der Waals surface area contributed by atoms with Crippen molar-refractivity contribution in [3.63, 3.8) is 0 Å². The highest BCUT2D eigenvalue weighted by molar-refractivity contribution is 6.30. The van der Waals surface area contributed by atoms with E-state index in [1.165, 1.54) is 14.2 Å². The lowest BCUT2D eigenvalue weighted by Crippen LogP contribution is -2.27. The molecule has 0 unspecified atom stereocenters. The maximum atomic E-state index is 13.4. The minimum atomic E-state index is -0.749. The molecule has 0 aromatic heterocycles. The number of hydrogen-bond donors (Lipinski definition) is 0. The number of hydrogen-bond acceptors (Lipinski definition) is 7. The van der Waals surface area contributed by atoms with Crippen molar-refractivity contribution < 1.29 is 33.3 Å². The highest BCUT2D eigenvalue weighted by atomic mass is 16.7. The smallest absolute Gasteiger partial charge is 0.198 e. The molecule has 7 heteroatoms. The van der Waals surface area contributed by atoms with Gasteiger partial charge in [-0.05, 0) is 24.6 Å². The van der Waals surface area contributed by atoms with Gasteiger partial charge < -0.3 is 23.7 Å². The number of benzene rings is 2. The Morgan fingerprint density at radius 2 is 1.79 bits per heavy atom. The number of ketones is 2. The quantitative estimate of drug-likeness (QED) is 0.626. The summed E-state index contributed by atoms with van der Waals surface area (Å²) in [6.07, 6.45) is 0.0174. The van der Waals surface area contributed by atoms with Gasteiger partial charge in [0.2, 0.25) is 0 Å². The molecule has 28 heavy (non-hydrogen) atoms. The zero-order valence-electron chi connectivity index (χ0n) is 15.7. The van der Waals surface area contributed by atoms with Gasteiger partial charge >= 0.3 is 0 Å². The van der Waals surface area contributed by atoms with Crippen LogP contribution >= 0.6 is 0 Å². The van der Waals surface area contributed by atoms with Crippen LogP contribution in [0.3, 0.4) is 0 Å². The lowest BCUT2D eigenvalue weighted by molar-refractivity contribution is -0.183. The van der Waals surface area contributed by atoms with Gasteiger partial charge in [-0.25, -0.2) is 0 Å². The van der Waals surface area contributed by atoms with Gasteiger partial charge in [0.15, 0.2) is 24.6 Å². The molecule has 146 valence electrons. The summed E-state index contributed by atoms with van der Waals surface area (Å²) in [5, 5.41) is 0. The number of ether oxygens (including phenoxy) is 5. The van der Waals surface area contributed by atoms with Crippen molar-refractivity contribution in [2.24, 2.45) is 0 Å². The van der Waals surface area contributed by atoms with Gasteiger partial charge in [-0.2, -0.15) is 0 Å². The molecule has 0 amide bonds. The molecule has 0 spiro atoms. The van der Waals surface area contributed by atoms with E-state index < -0.39 is 6.29 Å². The number of rotatable bonds is 5.